The lowest BCUT2D eigenvalue weighted by atomic mass is 10.2. The number of hydrazone groups is 1. The third kappa shape index (κ3) is 3.15. The zero-order valence-electron chi connectivity index (χ0n) is 9.54. The summed E-state index contributed by atoms with van der Waals surface area (Å²) in [7, 11) is 0. The molecule has 0 radical (unpaired) electrons. The second kappa shape index (κ2) is 5.58. The summed E-state index contributed by atoms with van der Waals surface area (Å²) in [5, 5.41) is 20.9. The Morgan fingerprint density at radius 3 is 2.89 bits per heavy atom. The molecule has 90 valence electrons. The Morgan fingerprint density at radius 1 is 1.28 bits per heavy atom. The van der Waals surface area contributed by atoms with Crippen LogP contribution in [0, 0.1) is 5.41 Å². The van der Waals surface area contributed by atoms with Gasteiger partial charge >= 0.3 is 0 Å². The van der Waals surface area contributed by atoms with Crippen LogP contribution in [0.3, 0.4) is 0 Å². The lowest BCUT2D eigenvalue weighted by Gasteiger charge is -2.01. The van der Waals surface area contributed by atoms with Crippen molar-refractivity contribution in [1.82, 2.24) is 10.4 Å². The van der Waals surface area contributed by atoms with Gasteiger partial charge in [-0.05, 0) is 29.8 Å². The number of nitrogens with one attached hydrogen (secondary N) is 2. The maximum atomic E-state index is 9.27. The Morgan fingerprint density at radius 2 is 2.17 bits per heavy atom. The van der Waals surface area contributed by atoms with Crippen molar-refractivity contribution < 1.29 is 5.11 Å². The van der Waals surface area contributed by atoms with Crippen LogP contribution in [0.1, 0.15) is 11.3 Å². The van der Waals surface area contributed by atoms with Crippen molar-refractivity contribution >= 4 is 12.1 Å². The highest BCUT2D eigenvalue weighted by Crippen LogP contribution is 2.08. The lowest BCUT2D eigenvalue weighted by molar-refractivity contribution is 0.475. The van der Waals surface area contributed by atoms with Gasteiger partial charge in [0.1, 0.15) is 11.4 Å². The lowest BCUT2D eigenvalue weighted by Crippen LogP contribution is -2.18. The van der Waals surface area contributed by atoms with Crippen LogP contribution >= 0.6 is 0 Å². The third-order valence-corrected chi connectivity index (χ3v) is 2.18. The maximum Gasteiger partial charge on any atom is 0.164 e. The van der Waals surface area contributed by atoms with Gasteiger partial charge < -0.3 is 5.11 Å². The van der Waals surface area contributed by atoms with Crippen LogP contribution in [0.5, 0.6) is 5.75 Å². The van der Waals surface area contributed by atoms with Crippen molar-refractivity contribution in [3.05, 3.63) is 59.9 Å². The molecule has 0 unspecified atom stereocenters. The summed E-state index contributed by atoms with van der Waals surface area (Å²) in [6, 6.07) is 12.0. The van der Waals surface area contributed by atoms with Crippen molar-refractivity contribution in [2.45, 2.75) is 0 Å². The van der Waals surface area contributed by atoms with Crippen molar-refractivity contribution in [2.24, 2.45) is 5.10 Å². The van der Waals surface area contributed by atoms with E-state index < -0.39 is 0 Å². The van der Waals surface area contributed by atoms with Gasteiger partial charge in [-0.2, -0.15) is 5.10 Å². The molecule has 0 bridgehead atoms. The number of aromatic hydroxyl groups is 1. The number of amidine groups is 1. The fourth-order valence-corrected chi connectivity index (χ4v) is 1.34. The van der Waals surface area contributed by atoms with Crippen LogP contribution in [0.2, 0.25) is 0 Å². The first kappa shape index (κ1) is 11.8. The molecule has 3 N–H and O–H groups in total. The van der Waals surface area contributed by atoms with Gasteiger partial charge in [-0.15, -0.1) is 0 Å². The topological polar surface area (TPSA) is 81.4 Å². The molecule has 0 saturated carbocycles. The Bertz CT molecular complexity index is 566. The molecule has 0 atom stereocenters. The largest absolute Gasteiger partial charge is 0.508 e. The fourth-order valence-electron chi connectivity index (χ4n) is 1.34. The predicted molar refractivity (Wildman–Crippen MR) is 69.9 cm³/mol. The maximum absolute atomic E-state index is 9.27. The van der Waals surface area contributed by atoms with Crippen LogP contribution in [0.25, 0.3) is 0 Å². The van der Waals surface area contributed by atoms with E-state index in [2.05, 4.69) is 15.5 Å². The Labute approximate surface area is 104 Å². The number of hydrogen-bond donors (Lipinski definition) is 3. The summed E-state index contributed by atoms with van der Waals surface area (Å²) in [6.07, 6.45) is 3.14. The average molecular weight is 240 g/mol. The molecule has 0 aliphatic heterocycles. The molecule has 1 heterocycles. The monoisotopic (exact) mass is 240 g/mol. The average Bonchev–Trinajstić information content (AvgIpc) is 2.40. The molecular formula is C13H12N4O. The van der Waals surface area contributed by atoms with Gasteiger partial charge in [0, 0.05) is 6.20 Å². The van der Waals surface area contributed by atoms with E-state index in [0.29, 0.717) is 5.69 Å². The molecule has 5 nitrogen and oxygen atoms in total. The van der Waals surface area contributed by atoms with Crippen LogP contribution < -0.4 is 5.43 Å². The molecule has 2 aromatic rings. The number of rotatable bonds is 3. The first-order chi connectivity index (χ1) is 8.75. The SMILES string of the molecule is N=C(N/N=C\c1cccc(O)c1)c1ccccn1. The van der Waals surface area contributed by atoms with Crippen LogP contribution in [0.4, 0.5) is 0 Å². The summed E-state index contributed by atoms with van der Waals surface area (Å²) in [5.41, 5.74) is 3.84. The van der Waals surface area contributed by atoms with Crippen molar-refractivity contribution in [3.8, 4) is 5.75 Å². The first-order valence-corrected chi connectivity index (χ1v) is 5.34. The first-order valence-electron chi connectivity index (χ1n) is 5.34. The summed E-state index contributed by atoms with van der Waals surface area (Å²) >= 11 is 0. The van der Waals surface area contributed by atoms with Crippen LogP contribution in [-0.4, -0.2) is 22.1 Å². The second-order valence-electron chi connectivity index (χ2n) is 3.55. The van der Waals surface area contributed by atoms with E-state index in [1.165, 1.54) is 6.21 Å². The van der Waals surface area contributed by atoms with Gasteiger partial charge in [0.2, 0.25) is 0 Å². The smallest absolute Gasteiger partial charge is 0.164 e. The Kier molecular flexibility index (Phi) is 3.66. The highest BCUT2D eigenvalue weighted by molar-refractivity contribution is 5.95. The normalized spacial score (nSPS) is 10.4. The van der Waals surface area contributed by atoms with E-state index in [4.69, 9.17) is 5.41 Å². The number of pyridine rings is 1. The highest BCUT2D eigenvalue weighted by Gasteiger charge is 1.98. The number of hydrogen-bond acceptors (Lipinski definition) is 4. The van der Waals surface area contributed by atoms with Gasteiger partial charge in [-0.1, -0.05) is 18.2 Å². The van der Waals surface area contributed by atoms with E-state index in [1.54, 1.807) is 48.7 Å². The standard InChI is InChI=1S/C13H12N4O/c14-13(12-6-1-2-7-15-12)17-16-9-10-4-3-5-11(18)8-10/h1-9,18H,(H2,14,17)/b16-9-. The molecule has 1 aromatic carbocycles. The third-order valence-electron chi connectivity index (χ3n) is 2.18. The Balaban J connectivity index is 1.98. The summed E-state index contributed by atoms with van der Waals surface area (Å²) in [6.45, 7) is 0. The minimum absolute atomic E-state index is 0.118. The fraction of sp³-hybridized carbons (Fsp3) is 0. The van der Waals surface area contributed by atoms with Crippen molar-refractivity contribution in [2.75, 3.05) is 0 Å². The van der Waals surface area contributed by atoms with E-state index in [0.717, 1.165) is 5.56 Å². The van der Waals surface area contributed by atoms with Crippen LogP contribution in [0.15, 0.2) is 53.8 Å². The molecule has 0 amide bonds. The summed E-state index contributed by atoms with van der Waals surface area (Å²) < 4.78 is 0. The number of aromatic nitrogens is 1. The van der Waals surface area contributed by atoms with Gasteiger partial charge in [-0.3, -0.25) is 15.8 Å². The summed E-state index contributed by atoms with van der Waals surface area (Å²) in [5.74, 6) is 0.297. The minimum Gasteiger partial charge on any atom is -0.508 e. The zero-order valence-corrected chi connectivity index (χ0v) is 9.54. The highest BCUT2D eigenvalue weighted by atomic mass is 16.3. The molecule has 2 rings (SSSR count). The van der Waals surface area contributed by atoms with Gasteiger partial charge in [0.25, 0.3) is 0 Å². The van der Waals surface area contributed by atoms with E-state index in [9.17, 15) is 5.11 Å². The molecule has 5 heteroatoms. The quantitative estimate of drug-likeness (QED) is 0.434. The molecule has 0 fully saturated rings. The van der Waals surface area contributed by atoms with E-state index >= 15 is 0 Å². The molecule has 0 aliphatic rings. The zero-order chi connectivity index (χ0) is 12.8. The molecule has 1 aromatic heterocycles. The van der Waals surface area contributed by atoms with Crippen molar-refractivity contribution in [3.63, 3.8) is 0 Å². The summed E-state index contributed by atoms with van der Waals surface area (Å²) in [4.78, 5) is 4.02. The molecule has 0 aliphatic carbocycles. The molecule has 18 heavy (non-hydrogen) atoms. The number of phenols is 1. The molecule has 0 saturated heterocycles. The number of nitrogens with zero attached hydrogens (tertiary/aromatic N) is 2. The van der Waals surface area contributed by atoms with Gasteiger partial charge in [-0.25, -0.2) is 0 Å². The predicted octanol–water partition coefficient (Wildman–Crippen LogP) is 1.74. The molecule has 0 spiro atoms. The Hall–Kier alpha value is -2.69. The van der Waals surface area contributed by atoms with Crippen LogP contribution in [-0.2, 0) is 0 Å². The minimum atomic E-state index is 0.118. The number of phenolic OH excluding ortho intramolecular Hbond substituents is 1. The van der Waals surface area contributed by atoms with Gasteiger partial charge in [0.15, 0.2) is 5.84 Å². The van der Waals surface area contributed by atoms with E-state index in [-0.39, 0.29) is 11.6 Å². The van der Waals surface area contributed by atoms with Gasteiger partial charge in [0.05, 0.1) is 6.21 Å². The second-order valence-corrected chi connectivity index (χ2v) is 3.55. The van der Waals surface area contributed by atoms with Crippen molar-refractivity contribution in [1.29, 1.82) is 5.41 Å². The number of benzene rings is 1. The molecular weight excluding hydrogens is 228 g/mol. The van der Waals surface area contributed by atoms with E-state index in [1.807, 2.05) is 0 Å².